The molecule has 0 saturated heterocycles. The summed E-state index contributed by atoms with van der Waals surface area (Å²) in [5.74, 6) is 1.74. The molecule has 4 fully saturated rings. The van der Waals surface area contributed by atoms with E-state index in [0.29, 0.717) is 29.5 Å². The molecule has 168 valence electrons. The zero-order chi connectivity index (χ0) is 21.8. The Balaban J connectivity index is 1.64. The number of allylic oxidation sites excluding steroid dienone is 2. The summed E-state index contributed by atoms with van der Waals surface area (Å²) < 4.78 is 0. The van der Waals surface area contributed by atoms with Gasteiger partial charge in [0.25, 0.3) is 0 Å². The van der Waals surface area contributed by atoms with Gasteiger partial charge in [-0.2, -0.15) is 0 Å². The lowest BCUT2D eigenvalue weighted by Gasteiger charge is -2.61. The first-order chi connectivity index (χ1) is 14.1. The smallest absolute Gasteiger partial charge is 0.303 e. The van der Waals surface area contributed by atoms with E-state index in [1.54, 1.807) is 0 Å². The van der Waals surface area contributed by atoms with Crippen LogP contribution >= 0.6 is 0 Å². The van der Waals surface area contributed by atoms with E-state index in [-0.39, 0.29) is 35.2 Å². The quantitative estimate of drug-likeness (QED) is 0.614. The van der Waals surface area contributed by atoms with E-state index >= 15 is 0 Å². The molecule has 0 aromatic rings. The Hall–Kier alpha value is -1.16. The molecule has 9 atom stereocenters. The third-order valence-electron chi connectivity index (χ3n) is 10.3. The van der Waals surface area contributed by atoms with E-state index in [0.717, 1.165) is 56.9 Å². The number of aliphatic hydroxyl groups is 1. The number of hydrogen-bond acceptors (Lipinski definition) is 3. The van der Waals surface area contributed by atoms with Crippen LogP contribution in [0.1, 0.15) is 85.5 Å². The van der Waals surface area contributed by atoms with E-state index in [1.165, 1.54) is 0 Å². The van der Waals surface area contributed by atoms with Crippen molar-refractivity contribution in [1.29, 1.82) is 0 Å². The fraction of sp³-hybridized carbons (Fsp3) is 0.846. The highest BCUT2D eigenvalue weighted by atomic mass is 16.4. The largest absolute Gasteiger partial charge is 0.481 e. The average Bonchev–Trinajstić information content (AvgIpc) is 3.05. The maximum absolute atomic E-state index is 13.8. The minimum Gasteiger partial charge on any atom is -0.481 e. The number of fused-ring (bicyclic) bond motifs is 5. The van der Waals surface area contributed by atoms with Gasteiger partial charge in [0, 0.05) is 12.3 Å². The molecule has 0 heterocycles. The first-order valence-corrected chi connectivity index (χ1v) is 12.2. The molecule has 0 aromatic heterocycles. The van der Waals surface area contributed by atoms with E-state index in [2.05, 4.69) is 20.8 Å². The summed E-state index contributed by atoms with van der Waals surface area (Å²) in [5.41, 5.74) is 1.25. The number of hydrogen-bond donors (Lipinski definition) is 2. The maximum Gasteiger partial charge on any atom is 0.303 e. The fourth-order valence-corrected chi connectivity index (χ4v) is 8.72. The predicted octanol–water partition coefficient (Wildman–Crippen LogP) is 5.24. The van der Waals surface area contributed by atoms with E-state index in [4.69, 9.17) is 5.11 Å². The third-order valence-corrected chi connectivity index (χ3v) is 10.3. The highest BCUT2D eigenvalue weighted by Gasteiger charge is 2.64. The zero-order valence-corrected chi connectivity index (χ0v) is 19.2. The number of rotatable bonds is 4. The molecule has 3 unspecified atom stereocenters. The second-order valence-corrected chi connectivity index (χ2v) is 11.5. The molecule has 0 aromatic carbocycles. The van der Waals surface area contributed by atoms with Crippen molar-refractivity contribution < 1.29 is 19.8 Å². The number of carboxylic acid groups (broad SMARTS) is 1. The van der Waals surface area contributed by atoms with Crippen molar-refractivity contribution in [2.75, 3.05) is 0 Å². The lowest BCUT2D eigenvalue weighted by Crippen LogP contribution is -2.58. The number of carbonyl (C=O) groups excluding carboxylic acids is 1. The molecule has 2 N–H and O–H groups in total. The van der Waals surface area contributed by atoms with E-state index in [9.17, 15) is 14.7 Å². The van der Waals surface area contributed by atoms with Gasteiger partial charge in [-0.15, -0.1) is 0 Å². The first-order valence-electron chi connectivity index (χ1n) is 12.2. The molecular weight excluding hydrogens is 376 g/mol. The number of ketones is 1. The molecule has 0 amide bonds. The average molecular weight is 417 g/mol. The molecule has 0 radical (unpaired) electrons. The first kappa shape index (κ1) is 22.0. The summed E-state index contributed by atoms with van der Waals surface area (Å²) >= 11 is 0. The Morgan fingerprint density at radius 1 is 1.13 bits per heavy atom. The lowest BCUT2D eigenvalue weighted by molar-refractivity contribution is -0.150. The predicted molar refractivity (Wildman–Crippen MR) is 117 cm³/mol. The molecule has 4 rings (SSSR count). The molecule has 0 bridgehead atoms. The van der Waals surface area contributed by atoms with Gasteiger partial charge in [-0.25, -0.2) is 0 Å². The van der Waals surface area contributed by atoms with Crippen LogP contribution in [0.15, 0.2) is 11.6 Å². The number of aliphatic carboxylic acids is 1. The minimum atomic E-state index is -0.705. The van der Waals surface area contributed by atoms with Gasteiger partial charge < -0.3 is 10.2 Å². The van der Waals surface area contributed by atoms with Gasteiger partial charge in [-0.3, -0.25) is 9.59 Å². The molecule has 4 aliphatic carbocycles. The van der Waals surface area contributed by atoms with Crippen molar-refractivity contribution in [3.63, 3.8) is 0 Å². The minimum absolute atomic E-state index is 0.114. The van der Waals surface area contributed by atoms with Crippen molar-refractivity contribution in [2.24, 2.45) is 46.3 Å². The summed E-state index contributed by atoms with van der Waals surface area (Å²) in [5, 5.41) is 19.5. The molecule has 4 saturated carbocycles. The van der Waals surface area contributed by atoms with Crippen LogP contribution in [0.4, 0.5) is 0 Å². The molecular formula is C26H40O4. The van der Waals surface area contributed by atoms with Crippen molar-refractivity contribution >= 4 is 11.8 Å². The molecule has 0 spiro atoms. The topological polar surface area (TPSA) is 74.6 Å². The third kappa shape index (κ3) is 3.20. The van der Waals surface area contributed by atoms with Crippen LogP contribution in [-0.4, -0.2) is 28.1 Å². The monoisotopic (exact) mass is 416 g/mol. The number of carbonyl (C=O) groups is 2. The van der Waals surface area contributed by atoms with Crippen LogP contribution in [-0.2, 0) is 9.59 Å². The van der Waals surface area contributed by atoms with E-state index < -0.39 is 5.97 Å². The summed E-state index contributed by atoms with van der Waals surface area (Å²) in [6.07, 6.45) is 9.86. The van der Waals surface area contributed by atoms with Gasteiger partial charge in [-0.05, 0) is 104 Å². The standard InChI is InChI=1S/C26H40O4/c1-5-17-21-14-16(27)10-12-26(21,4)20-11-13-25(3)18(15(2)6-9-22(28)29)7-8-19(25)23(20)24(17)30/h5,15-16,18-21,23,27H,6-14H2,1-4H3,(H,28,29)/b17-5-/t15-,16-,18?,19?,20?,21+,23-,25-,26-/m1/s1. The lowest BCUT2D eigenvalue weighted by atomic mass is 9.43. The summed E-state index contributed by atoms with van der Waals surface area (Å²) in [4.78, 5) is 24.9. The number of aliphatic hydroxyl groups excluding tert-OH is 1. The number of Topliss-reactive ketones (excluding diaryl/α,β-unsaturated/α-hetero) is 1. The van der Waals surface area contributed by atoms with Gasteiger partial charge in [0.05, 0.1) is 6.10 Å². The molecule has 4 aliphatic rings. The Morgan fingerprint density at radius 2 is 1.80 bits per heavy atom. The molecule has 4 heteroatoms. The zero-order valence-electron chi connectivity index (χ0n) is 19.2. The van der Waals surface area contributed by atoms with Gasteiger partial charge in [-0.1, -0.05) is 26.8 Å². The van der Waals surface area contributed by atoms with E-state index in [1.807, 2.05) is 13.0 Å². The van der Waals surface area contributed by atoms with Gasteiger partial charge in [0.1, 0.15) is 0 Å². The second-order valence-electron chi connectivity index (χ2n) is 11.5. The van der Waals surface area contributed by atoms with Crippen molar-refractivity contribution in [2.45, 2.75) is 91.6 Å². The van der Waals surface area contributed by atoms with Crippen LogP contribution in [0.2, 0.25) is 0 Å². The SMILES string of the molecule is C/C=C1\C(=O)[C@@H]2C3CCC([C@H](C)CCC(=O)O)[C@@]3(C)CCC2[C@@]2(C)CC[C@@H](O)C[C@@H]12. The van der Waals surface area contributed by atoms with Crippen LogP contribution in [0.3, 0.4) is 0 Å². The Labute approximate surface area is 181 Å². The second kappa shape index (κ2) is 7.76. The van der Waals surface area contributed by atoms with Gasteiger partial charge in [0.15, 0.2) is 5.78 Å². The molecule has 0 aliphatic heterocycles. The van der Waals surface area contributed by atoms with Crippen molar-refractivity contribution in [1.82, 2.24) is 0 Å². The van der Waals surface area contributed by atoms with Crippen LogP contribution in [0, 0.1) is 46.3 Å². The van der Waals surface area contributed by atoms with Crippen molar-refractivity contribution in [3.8, 4) is 0 Å². The normalized spacial score (nSPS) is 48.0. The highest BCUT2D eigenvalue weighted by Crippen LogP contribution is 2.68. The maximum atomic E-state index is 13.8. The number of carboxylic acids is 1. The Morgan fingerprint density at radius 3 is 2.47 bits per heavy atom. The highest BCUT2D eigenvalue weighted by molar-refractivity contribution is 5.99. The van der Waals surface area contributed by atoms with Crippen LogP contribution < -0.4 is 0 Å². The van der Waals surface area contributed by atoms with Crippen LogP contribution in [0.5, 0.6) is 0 Å². The Kier molecular flexibility index (Phi) is 5.70. The van der Waals surface area contributed by atoms with Gasteiger partial charge in [0.2, 0.25) is 0 Å². The molecule has 30 heavy (non-hydrogen) atoms. The van der Waals surface area contributed by atoms with Crippen molar-refractivity contribution in [3.05, 3.63) is 11.6 Å². The Bertz CT molecular complexity index is 741. The summed E-state index contributed by atoms with van der Waals surface area (Å²) in [7, 11) is 0. The summed E-state index contributed by atoms with van der Waals surface area (Å²) in [6.45, 7) is 9.04. The summed E-state index contributed by atoms with van der Waals surface area (Å²) in [6, 6.07) is 0. The molecule has 4 nitrogen and oxygen atoms in total. The van der Waals surface area contributed by atoms with Crippen LogP contribution in [0.25, 0.3) is 0 Å². The van der Waals surface area contributed by atoms with Gasteiger partial charge >= 0.3 is 5.97 Å². The fourth-order valence-electron chi connectivity index (χ4n) is 8.72.